The molecular formula is C21H25F5N4O3. The van der Waals surface area contributed by atoms with E-state index in [-0.39, 0.29) is 25.3 Å². The molecule has 33 heavy (non-hydrogen) atoms. The average Bonchev–Trinajstić information content (AvgIpc) is 3.33. The lowest BCUT2D eigenvalue weighted by atomic mass is 9.82. The zero-order valence-electron chi connectivity index (χ0n) is 17.9. The largest absolute Gasteiger partial charge is 0.439 e. The van der Waals surface area contributed by atoms with Crippen molar-refractivity contribution in [2.45, 2.75) is 55.9 Å². The van der Waals surface area contributed by atoms with Crippen molar-refractivity contribution >= 4 is 17.1 Å². The van der Waals surface area contributed by atoms with Gasteiger partial charge in [0.15, 0.2) is 5.58 Å². The Hall–Kier alpha value is -2.47. The van der Waals surface area contributed by atoms with Gasteiger partial charge >= 0.3 is 12.2 Å². The molecule has 2 amide bonds. The van der Waals surface area contributed by atoms with E-state index < -0.39 is 48.7 Å². The highest BCUT2D eigenvalue weighted by atomic mass is 19.4. The van der Waals surface area contributed by atoms with Crippen LogP contribution in [-0.2, 0) is 4.74 Å². The number of benzene rings is 1. The van der Waals surface area contributed by atoms with Crippen LogP contribution in [-0.4, -0.2) is 54.3 Å². The minimum absolute atomic E-state index is 0.0368. The number of alkyl halides is 5. The molecule has 4 rings (SSSR count). The number of hydrogen-bond donors (Lipinski definition) is 2. The van der Waals surface area contributed by atoms with Crippen LogP contribution in [0.4, 0.5) is 26.7 Å². The highest BCUT2D eigenvalue weighted by molar-refractivity contribution is 5.78. The van der Waals surface area contributed by atoms with E-state index in [2.05, 4.69) is 4.98 Å². The maximum absolute atomic E-state index is 13.8. The summed E-state index contributed by atoms with van der Waals surface area (Å²) in [5, 5.41) is 1.95. The molecule has 2 fully saturated rings. The fourth-order valence-electron chi connectivity index (χ4n) is 4.57. The number of rotatable bonds is 6. The monoisotopic (exact) mass is 476 g/mol. The molecule has 12 heteroatoms. The van der Waals surface area contributed by atoms with Crippen molar-refractivity contribution in [1.29, 1.82) is 0 Å². The Morgan fingerprint density at radius 1 is 1.39 bits per heavy atom. The van der Waals surface area contributed by atoms with Gasteiger partial charge in [0.2, 0.25) is 11.8 Å². The summed E-state index contributed by atoms with van der Waals surface area (Å²) in [6.07, 6.45) is -4.16. The molecule has 1 aliphatic carbocycles. The molecule has 182 valence electrons. The number of fused-ring (bicyclic) bond motifs is 1. The second-order valence-electron chi connectivity index (χ2n) is 8.68. The number of ether oxygens (including phenoxy) is 1. The van der Waals surface area contributed by atoms with Gasteiger partial charge in [-0.05, 0) is 36.5 Å². The summed E-state index contributed by atoms with van der Waals surface area (Å²) in [6.45, 7) is -0.593. The van der Waals surface area contributed by atoms with Crippen LogP contribution in [0.1, 0.15) is 49.2 Å². The van der Waals surface area contributed by atoms with Gasteiger partial charge in [-0.3, -0.25) is 0 Å². The second kappa shape index (κ2) is 8.71. The third kappa shape index (κ3) is 4.91. The lowest BCUT2D eigenvalue weighted by Crippen LogP contribution is -2.40. The van der Waals surface area contributed by atoms with E-state index in [1.165, 1.54) is 7.11 Å². The van der Waals surface area contributed by atoms with Crippen LogP contribution >= 0.6 is 0 Å². The molecule has 0 unspecified atom stereocenters. The lowest BCUT2D eigenvalue weighted by molar-refractivity contribution is -0.150. The van der Waals surface area contributed by atoms with Gasteiger partial charge in [0.05, 0.1) is 25.2 Å². The number of nitrogens with one attached hydrogen (secondary N) is 1. The SMILES string of the molecule is COC[C@H](c1ccc2oc([C@@H](N)[C@H]3CCCC(F)(F)C3)nc2c1)N1C[C@@H](C(F)(F)F)NC1=O. The molecule has 2 heterocycles. The number of aromatic nitrogens is 1. The van der Waals surface area contributed by atoms with E-state index in [0.29, 0.717) is 29.5 Å². The van der Waals surface area contributed by atoms with Gasteiger partial charge in [-0.15, -0.1) is 0 Å². The molecule has 1 aromatic carbocycles. The molecule has 1 saturated heterocycles. The van der Waals surface area contributed by atoms with Crippen molar-refractivity contribution in [2.75, 3.05) is 20.3 Å². The number of carbonyl (C=O) groups is 1. The molecule has 1 aromatic heterocycles. The summed E-state index contributed by atoms with van der Waals surface area (Å²) in [7, 11) is 1.38. The summed E-state index contributed by atoms with van der Waals surface area (Å²) >= 11 is 0. The van der Waals surface area contributed by atoms with Crippen molar-refractivity contribution in [3.05, 3.63) is 29.7 Å². The van der Waals surface area contributed by atoms with E-state index in [4.69, 9.17) is 14.9 Å². The van der Waals surface area contributed by atoms with Gasteiger partial charge < -0.3 is 25.1 Å². The molecule has 4 atom stereocenters. The summed E-state index contributed by atoms with van der Waals surface area (Å²) in [5.41, 5.74) is 7.43. The van der Waals surface area contributed by atoms with Crippen LogP contribution in [0, 0.1) is 5.92 Å². The highest BCUT2D eigenvalue weighted by Gasteiger charge is 2.48. The molecule has 7 nitrogen and oxygen atoms in total. The first-order valence-corrected chi connectivity index (χ1v) is 10.6. The number of halogens is 5. The fourth-order valence-corrected chi connectivity index (χ4v) is 4.57. The highest BCUT2D eigenvalue weighted by Crippen LogP contribution is 2.41. The average molecular weight is 476 g/mol. The molecule has 1 aliphatic heterocycles. The zero-order valence-corrected chi connectivity index (χ0v) is 17.9. The summed E-state index contributed by atoms with van der Waals surface area (Å²) in [4.78, 5) is 17.7. The van der Waals surface area contributed by atoms with Crippen molar-refractivity contribution in [1.82, 2.24) is 15.2 Å². The Morgan fingerprint density at radius 2 is 2.15 bits per heavy atom. The third-order valence-electron chi connectivity index (χ3n) is 6.32. The van der Waals surface area contributed by atoms with E-state index in [1.54, 1.807) is 18.2 Å². The fraction of sp³-hybridized carbons (Fsp3) is 0.619. The summed E-state index contributed by atoms with van der Waals surface area (Å²) in [5.74, 6) is -3.11. The molecule has 0 bridgehead atoms. The number of oxazole rings is 1. The lowest BCUT2D eigenvalue weighted by Gasteiger charge is -2.31. The molecular weight excluding hydrogens is 451 g/mol. The van der Waals surface area contributed by atoms with E-state index in [0.717, 1.165) is 4.90 Å². The van der Waals surface area contributed by atoms with Crippen molar-refractivity contribution in [3.63, 3.8) is 0 Å². The molecule has 0 radical (unpaired) electrons. The molecule has 2 aromatic rings. The summed E-state index contributed by atoms with van der Waals surface area (Å²) in [6, 6.07) is 0.342. The summed E-state index contributed by atoms with van der Waals surface area (Å²) < 4.78 is 77.7. The number of carbonyl (C=O) groups excluding carboxylic acids is 1. The van der Waals surface area contributed by atoms with Crippen molar-refractivity contribution in [3.8, 4) is 0 Å². The molecule has 1 saturated carbocycles. The quantitative estimate of drug-likeness (QED) is 0.607. The number of nitrogens with zero attached hydrogens (tertiary/aromatic N) is 2. The molecule has 2 aliphatic rings. The number of hydrogen-bond acceptors (Lipinski definition) is 5. The number of methoxy groups -OCH3 is 1. The predicted octanol–water partition coefficient (Wildman–Crippen LogP) is 4.30. The van der Waals surface area contributed by atoms with Crippen LogP contribution in [0.3, 0.4) is 0 Å². The van der Waals surface area contributed by atoms with Crippen LogP contribution in [0.25, 0.3) is 11.1 Å². The topological polar surface area (TPSA) is 93.6 Å². The molecule has 0 spiro atoms. The Morgan fingerprint density at radius 3 is 2.79 bits per heavy atom. The van der Waals surface area contributed by atoms with Gasteiger partial charge in [-0.1, -0.05) is 6.07 Å². The zero-order chi connectivity index (χ0) is 24.0. The van der Waals surface area contributed by atoms with Crippen LogP contribution < -0.4 is 11.1 Å². The van der Waals surface area contributed by atoms with E-state index in [9.17, 15) is 26.7 Å². The van der Waals surface area contributed by atoms with Crippen LogP contribution in [0.2, 0.25) is 0 Å². The molecule has 3 N–H and O–H groups in total. The van der Waals surface area contributed by atoms with E-state index >= 15 is 0 Å². The first kappa shape index (κ1) is 23.7. The maximum atomic E-state index is 13.8. The Kier molecular flexibility index (Phi) is 6.25. The van der Waals surface area contributed by atoms with Gasteiger partial charge in [-0.2, -0.15) is 13.2 Å². The maximum Gasteiger partial charge on any atom is 0.410 e. The number of urea groups is 1. The number of amides is 2. The minimum atomic E-state index is -4.57. The van der Waals surface area contributed by atoms with Gasteiger partial charge in [0.25, 0.3) is 0 Å². The normalized spacial score (nSPS) is 25.3. The van der Waals surface area contributed by atoms with Gasteiger partial charge in [-0.25, -0.2) is 18.6 Å². The standard InChI is InChI=1S/C21H25F5N4O3/c1-32-10-14(30-9-16(21(24,25)26)29-19(30)31)11-4-5-15-13(7-11)28-18(33-15)17(27)12-3-2-6-20(22,23)8-12/h4-5,7,12,14,16-17H,2-3,6,8-10,27H2,1H3,(H,29,31)/t12-,14+,16-,17-/m0/s1. The van der Waals surface area contributed by atoms with Crippen LogP contribution in [0.15, 0.2) is 22.6 Å². The Balaban J connectivity index is 1.58. The Bertz CT molecular complexity index is 1010. The predicted molar refractivity (Wildman–Crippen MR) is 108 cm³/mol. The van der Waals surface area contributed by atoms with Crippen molar-refractivity contribution < 1.29 is 35.9 Å². The van der Waals surface area contributed by atoms with Gasteiger partial charge in [0.1, 0.15) is 11.6 Å². The smallest absolute Gasteiger partial charge is 0.410 e. The third-order valence-corrected chi connectivity index (χ3v) is 6.32. The van der Waals surface area contributed by atoms with Gasteiger partial charge in [0, 0.05) is 20.0 Å². The Labute approximate surface area is 186 Å². The second-order valence-corrected chi connectivity index (χ2v) is 8.68. The van der Waals surface area contributed by atoms with E-state index in [1.807, 2.05) is 5.32 Å². The van der Waals surface area contributed by atoms with Crippen molar-refractivity contribution in [2.24, 2.45) is 11.7 Å². The minimum Gasteiger partial charge on any atom is -0.439 e. The first-order chi connectivity index (χ1) is 15.5. The first-order valence-electron chi connectivity index (χ1n) is 10.6. The van der Waals surface area contributed by atoms with Crippen LogP contribution in [0.5, 0.6) is 0 Å². The number of nitrogens with two attached hydrogens (primary N) is 1.